The first-order valence-corrected chi connectivity index (χ1v) is 5.14. The minimum Gasteiger partial charge on any atom is -0.376 e. The molecule has 0 radical (unpaired) electrons. The van der Waals surface area contributed by atoms with Gasteiger partial charge in [-0.3, -0.25) is 4.99 Å². The molecule has 0 amide bonds. The maximum Gasteiger partial charge on any atom is 0.0763 e. The van der Waals surface area contributed by atoms with Crippen LogP contribution < -0.4 is 0 Å². The van der Waals surface area contributed by atoms with Crippen molar-refractivity contribution < 1.29 is 4.74 Å². The van der Waals surface area contributed by atoms with Crippen molar-refractivity contribution in [2.45, 2.75) is 24.7 Å². The summed E-state index contributed by atoms with van der Waals surface area (Å²) in [6, 6.07) is 0. The average Bonchev–Trinajstić information content (AvgIpc) is 2.04. The first kappa shape index (κ1) is 7.62. The van der Waals surface area contributed by atoms with Crippen molar-refractivity contribution in [2.24, 2.45) is 4.99 Å². The fourth-order valence-corrected chi connectivity index (χ4v) is 2.64. The second-order valence-corrected chi connectivity index (χ2v) is 4.45. The van der Waals surface area contributed by atoms with Gasteiger partial charge >= 0.3 is 0 Å². The zero-order valence-electron chi connectivity index (χ0n) is 6.75. The third-order valence-electron chi connectivity index (χ3n) is 2.20. The van der Waals surface area contributed by atoms with Crippen LogP contribution in [0.2, 0.25) is 0 Å². The van der Waals surface area contributed by atoms with E-state index in [9.17, 15) is 0 Å². The Balaban J connectivity index is 2.04. The summed E-state index contributed by atoms with van der Waals surface area (Å²) in [5, 5.41) is 0.646. The predicted molar refractivity (Wildman–Crippen MR) is 48.6 cm³/mol. The summed E-state index contributed by atoms with van der Waals surface area (Å²) in [7, 11) is 0. The minimum atomic E-state index is 0.464. The van der Waals surface area contributed by atoms with E-state index >= 15 is 0 Å². The number of hydrogen-bond donors (Lipinski definition) is 0. The van der Waals surface area contributed by atoms with E-state index in [-0.39, 0.29) is 0 Å². The predicted octanol–water partition coefficient (Wildman–Crippen LogP) is 1.35. The van der Waals surface area contributed by atoms with Crippen LogP contribution in [-0.2, 0) is 4.74 Å². The number of aliphatic imine (C=N–C) groups is 1. The molecule has 3 heteroatoms. The van der Waals surface area contributed by atoms with Crippen molar-refractivity contribution in [2.75, 3.05) is 18.9 Å². The van der Waals surface area contributed by atoms with E-state index in [0.29, 0.717) is 11.4 Å². The number of hydrogen-bond acceptors (Lipinski definition) is 3. The number of fused-ring (bicyclic) bond motifs is 1. The van der Waals surface area contributed by atoms with Gasteiger partial charge in [-0.2, -0.15) is 11.8 Å². The first-order valence-electron chi connectivity index (χ1n) is 4.09. The van der Waals surface area contributed by atoms with Crippen molar-refractivity contribution in [3.63, 3.8) is 0 Å². The molecule has 0 saturated carbocycles. The Bertz CT molecular complexity index is 181. The summed E-state index contributed by atoms with van der Waals surface area (Å²) < 4.78 is 5.65. The zero-order valence-corrected chi connectivity index (χ0v) is 7.56. The lowest BCUT2D eigenvalue weighted by atomic mass is 10.1. The highest BCUT2D eigenvalue weighted by atomic mass is 32.2. The van der Waals surface area contributed by atoms with Gasteiger partial charge in [-0.25, -0.2) is 0 Å². The van der Waals surface area contributed by atoms with E-state index in [2.05, 4.69) is 11.9 Å². The molecule has 11 heavy (non-hydrogen) atoms. The lowest BCUT2D eigenvalue weighted by molar-refractivity contribution is 0.0599. The standard InChI is InChI=1S/C8H13NOS/c1-6-4-7-8(5-9-6)11-3-2-10-7/h7-8H,2-5H2,1H3. The van der Waals surface area contributed by atoms with Crippen LogP contribution in [0.4, 0.5) is 0 Å². The molecule has 2 aliphatic heterocycles. The van der Waals surface area contributed by atoms with Gasteiger partial charge in [0.25, 0.3) is 0 Å². The van der Waals surface area contributed by atoms with Gasteiger partial charge in [-0.05, 0) is 6.92 Å². The smallest absolute Gasteiger partial charge is 0.0763 e. The monoisotopic (exact) mass is 171 g/mol. The van der Waals surface area contributed by atoms with Crippen LogP contribution in [0.25, 0.3) is 0 Å². The number of nitrogens with zero attached hydrogens (tertiary/aromatic N) is 1. The highest BCUT2D eigenvalue weighted by Crippen LogP contribution is 2.27. The van der Waals surface area contributed by atoms with Crippen LogP contribution >= 0.6 is 11.8 Å². The zero-order chi connectivity index (χ0) is 7.68. The Hall–Kier alpha value is -0.0200. The van der Waals surface area contributed by atoms with Crippen LogP contribution in [0.5, 0.6) is 0 Å². The van der Waals surface area contributed by atoms with Gasteiger partial charge in [-0.15, -0.1) is 0 Å². The van der Waals surface area contributed by atoms with Crippen LogP contribution in [0.15, 0.2) is 4.99 Å². The molecule has 0 N–H and O–H groups in total. The van der Waals surface area contributed by atoms with Crippen LogP contribution in [-0.4, -0.2) is 36.0 Å². The minimum absolute atomic E-state index is 0.464. The van der Waals surface area contributed by atoms with Crippen molar-refractivity contribution in [1.29, 1.82) is 0 Å². The molecular weight excluding hydrogens is 158 g/mol. The first-order chi connectivity index (χ1) is 5.36. The second kappa shape index (κ2) is 3.15. The molecule has 0 aromatic rings. The Morgan fingerprint density at radius 3 is 3.45 bits per heavy atom. The number of rotatable bonds is 0. The van der Waals surface area contributed by atoms with Gasteiger partial charge in [0.05, 0.1) is 24.5 Å². The molecular formula is C8H13NOS. The summed E-state index contributed by atoms with van der Waals surface area (Å²) in [4.78, 5) is 4.43. The van der Waals surface area contributed by atoms with Crippen LogP contribution in [0, 0.1) is 0 Å². The van der Waals surface area contributed by atoms with Gasteiger partial charge < -0.3 is 4.74 Å². The third kappa shape index (κ3) is 1.59. The van der Waals surface area contributed by atoms with E-state index in [1.165, 1.54) is 5.71 Å². The maximum absolute atomic E-state index is 5.65. The third-order valence-corrected chi connectivity index (χ3v) is 3.48. The Labute approximate surface area is 71.4 Å². The molecule has 0 spiro atoms. The average molecular weight is 171 g/mol. The SMILES string of the molecule is CC1=NCC2SCCOC2C1. The molecule has 1 saturated heterocycles. The summed E-state index contributed by atoms with van der Waals surface area (Å²) in [5.74, 6) is 1.15. The molecule has 0 bridgehead atoms. The number of ether oxygens (including phenoxy) is 1. The van der Waals surface area contributed by atoms with Crippen LogP contribution in [0.1, 0.15) is 13.3 Å². The van der Waals surface area contributed by atoms with E-state index in [1.807, 2.05) is 11.8 Å². The molecule has 2 aliphatic rings. The van der Waals surface area contributed by atoms with Crippen molar-refractivity contribution in [3.05, 3.63) is 0 Å². The van der Waals surface area contributed by atoms with E-state index in [0.717, 1.165) is 25.3 Å². The molecule has 2 atom stereocenters. The topological polar surface area (TPSA) is 21.6 Å². The second-order valence-electron chi connectivity index (χ2n) is 3.10. The van der Waals surface area contributed by atoms with E-state index < -0.39 is 0 Å². The lowest BCUT2D eigenvalue weighted by Crippen LogP contribution is -2.38. The van der Waals surface area contributed by atoms with Crippen molar-refractivity contribution in [1.82, 2.24) is 0 Å². The highest BCUT2D eigenvalue weighted by molar-refractivity contribution is 8.00. The van der Waals surface area contributed by atoms with Gasteiger partial charge in [0.15, 0.2) is 0 Å². The van der Waals surface area contributed by atoms with Gasteiger partial charge in [0.1, 0.15) is 0 Å². The molecule has 1 fully saturated rings. The van der Waals surface area contributed by atoms with Gasteiger partial charge in [-0.1, -0.05) is 0 Å². The van der Waals surface area contributed by atoms with Gasteiger partial charge in [0, 0.05) is 17.9 Å². The largest absolute Gasteiger partial charge is 0.376 e. The molecule has 2 rings (SSSR count). The molecule has 2 nitrogen and oxygen atoms in total. The van der Waals surface area contributed by atoms with Crippen LogP contribution in [0.3, 0.4) is 0 Å². The Morgan fingerprint density at radius 1 is 1.64 bits per heavy atom. The van der Waals surface area contributed by atoms with E-state index in [4.69, 9.17) is 4.74 Å². The molecule has 2 unspecified atom stereocenters. The number of thioether (sulfide) groups is 1. The quantitative estimate of drug-likeness (QED) is 0.549. The van der Waals surface area contributed by atoms with E-state index in [1.54, 1.807) is 0 Å². The molecule has 0 aliphatic carbocycles. The lowest BCUT2D eigenvalue weighted by Gasteiger charge is -2.33. The Morgan fingerprint density at radius 2 is 2.55 bits per heavy atom. The maximum atomic E-state index is 5.65. The molecule has 0 aromatic carbocycles. The fourth-order valence-electron chi connectivity index (χ4n) is 1.58. The Kier molecular flexibility index (Phi) is 2.18. The summed E-state index contributed by atoms with van der Waals surface area (Å²) in [5.41, 5.74) is 1.26. The van der Waals surface area contributed by atoms with Crippen molar-refractivity contribution >= 4 is 17.5 Å². The molecule has 0 aromatic heterocycles. The van der Waals surface area contributed by atoms with Gasteiger partial charge in [0.2, 0.25) is 0 Å². The highest BCUT2D eigenvalue weighted by Gasteiger charge is 2.29. The normalized spacial score (nSPS) is 37.7. The molecule has 2 heterocycles. The van der Waals surface area contributed by atoms with Crippen molar-refractivity contribution in [3.8, 4) is 0 Å². The summed E-state index contributed by atoms with van der Waals surface area (Å²) in [6.07, 6.45) is 1.52. The molecule has 62 valence electrons. The summed E-state index contributed by atoms with van der Waals surface area (Å²) >= 11 is 2.02. The summed E-state index contributed by atoms with van der Waals surface area (Å²) in [6.45, 7) is 4.00. The fraction of sp³-hybridized carbons (Fsp3) is 0.875.